The third-order valence-electron chi connectivity index (χ3n) is 4.82. The van der Waals surface area contributed by atoms with E-state index in [-0.39, 0.29) is 24.3 Å². The Kier molecular flexibility index (Phi) is 5.68. The summed E-state index contributed by atoms with van der Waals surface area (Å²) in [6.07, 6.45) is 0. The molecule has 0 aliphatic heterocycles. The van der Waals surface area contributed by atoms with Gasteiger partial charge in [0.2, 0.25) is 5.91 Å². The second kappa shape index (κ2) is 8.03. The van der Waals surface area contributed by atoms with Crippen LogP contribution in [0.2, 0.25) is 0 Å². The smallest absolute Gasteiger partial charge is 0.259 e. The predicted octanol–water partition coefficient (Wildman–Crippen LogP) is 3.95. The second-order valence-electron chi connectivity index (χ2n) is 7.70. The maximum Gasteiger partial charge on any atom is 0.259 e. The molecule has 0 aliphatic rings. The van der Waals surface area contributed by atoms with Crippen LogP contribution in [0.15, 0.2) is 22.7 Å². The SMILES string of the molecule is Cc1cc(C)c(NC(=O)CNC(=O)c2cc(C(C)C)nc3onc(C)c23)c(C)c1. The Morgan fingerprint density at radius 1 is 1.07 bits per heavy atom. The number of benzene rings is 1. The van der Waals surface area contributed by atoms with Crippen molar-refractivity contribution < 1.29 is 14.1 Å². The van der Waals surface area contributed by atoms with Crippen LogP contribution in [-0.2, 0) is 4.79 Å². The number of carbonyl (C=O) groups excluding carboxylic acids is 2. The van der Waals surface area contributed by atoms with Crippen LogP contribution in [0.3, 0.4) is 0 Å². The molecule has 2 amide bonds. The van der Waals surface area contributed by atoms with E-state index in [1.807, 2.05) is 46.8 Å². The van der Waals surface area contributed by atoms with Gasteiger partial charge in [-0.05, 0) is 50.8 Å². The molecule has 0 saturated heterocycles. The van der Waals surface area contributed by atoms with Crippen molar-refractivity contribution in [1.82, 2.24) is 15.5 Å². The minimum atomic E-state index is -0.363. The highest BCUT2D eigenvalue weighted by Gasteiger charge is 2.20. The third-order valence-corrected chi connectivity index (χ3v) is 4.82. The van der Waals surface area contributed by atoms with E-state index in [2.05, 4.69) is 20.8 Å². The monoisotopic (exact) mass is 394 g/mol. The van der Waals surface area contributed by atoms with Gasteiger partial charge in [-0.25, -0.2) is 4.98 Å². The number of hydrogen-bond donors (Lipinski definition) is 2. The molecule has 0 fully saturated rings. The number of carbonyl (C=O) groups is 2. The van der Waals surface area contributed by atoms with Crippen LogP contribution in [0.5, 0.6) is 0 Å². The summed E-state index contributed by atoms with van der Waals surface area (Å²) in [4.78, 5) is 29.7. The van der Waals surface area contributed by atoms with Crippen molar-refractivity contribution >= 4 is 28.6 Å². The predicted molar refractivity (Wildman–Crippen MR) is 112 cm³/mol. The maximum absolute atomic E-state index is 12.8. The van der Waals surface area contributed by atoms with E-state index in [1.165, 1.54) is 0 Å². The number of nitrogens with zero attached hydrogens (tertiary/aromatic N) is 2. The van der Waals surface area contributed by atoms with E-state index >= 15 is 0 Å². The number of fused-ring (bicyclic) bond motifs is 1. The van der Waals surface area contributed by atoms with Gasteiger partial charge in [-0.15, -0.1) is 0 Å². The molecule has 1 aromatic carbocycles. The number of anilines is 1. The number of amides is 2. The Hall–Kier alpha value is -3.22. The van der Waals surface area contributed by atoms with Gasteiger partial charge in [-0.3, -0.25) is 9.59 Å². The molecule has 29 heavy (non-hydrogen) atoms. The van der Waals surface area contributed by atoms with E-state index in [9.17, 15) is 9.59 Å². The van der Waals surface area contributed by atoms with Crippen molar-refractivity contribution in [2.75, 3.05) is 11.9 Å². The molecule has 3 aromatic rings. The summed E-state index contributed by atoms with van der Waals surface area (Å²) >= 11 is 0. The molecule has 7 nitrogen and oxygen atoms in total. The van der Waals surface area contributed by atoms with Gasteiger partial charge in [0.1, 0.15) is 0 Å². The van der Waals surface area contributed by atoms with Gasteiger partial charge in [0, 0.05) is 11.4 Å². The average Bonchev–Trinajstić information content (AvgIpc) is 3.03. The Morgan fingerprint density at radius 3 is 2.34 bits per heavy atom. The molecule has 0 bridgehead atoms. The quantitative estimate of drug-likeness (QED) is 0.683. The molecule has 0 spiro atoms. The molecule has 152 valence electrons. The van der Waals surface area contributed by atoms with Gasteiger partial charge in [0.05, 0.1) is 23.2 Å². The summed E-state index contributed by atoms with van der Waals surface area (Å²) in [5.74, 6) is -0.532. The number of aromatic nitrogens is 2. The first-order valence-electron chi connectivity index (χ1n) is 9.60. The zero-order valence-corrected chi connectivity index (χ0v) is 17.6. The molecule has 3 rings (SSSR count). The molecule has 0 unspecified atom stereocenters. The van der Waals surface area contributed by atoms with Crippen LogP contribution in [0, 0.1) is 27.7 Å². The Labute approximate surface area is 169 Å². The maximum atomic E-state index is 12.8. The molecule has 0 radical (unpaired) electrons. The lowest BCUT2D eigenvalue weighted by Crippen LogP contribution is -2.33. The number of pyridine rings is 1. The van der Waals surface area contributed by atoms with Gasteiger partial charge < -0.3 is 15.2 Å². The second-order valence-corrected chi connectivity index (χ2v) is 7.70. The lowest BCUT2D eigenvalue weighted by atomic mass is 10.0. The van der Waals surface area contributed by atoms with Crippen LogP contribution in [0.25, 0.3) is 11.1 Å². The van der Waals surface area contributed by atoms with Gasteiger partial charge in [-0.1, -0.05) is 36.7 Å². The van der Waals surface area contributed by atoms with Crippen LogP contribution in [-0.4, -0.2) is 28.5 Å². The van der Waals surface area contributed by atoms with Crippen LogP contribution in [0.1, 0.15) is 58.2 Å². The third kappa shape index (κ3) is 4.29. The topological polar surface area (TPSA) is 97.1 Å². The van der Waals surface area contributed by atoms with E-state index in [0.29, 0.717) is 22.4 Å². The Bertz CT molecular complexity index is 1080. The summed E-state index contributed by atoms with van der Waals surface area (Å²) in [6.45, 7) is 11.5. The van der Waals surface area contributed by atoms with Gasteiger partial charge >= 0.3 is 0 Å². The summed E-state index contributed by atoms with van der Waals surface area (Å²) in [5.41, 5.74) is 5.94. The van der Waals surface area contributed by atoms with E-state index in [0.717, 1.165) is 28.1 Å². The average molecular weight is 394 g/mol. The van der Waals surface area contributed by atoms with Crippen LogP contribution in [0.4, 0.5) is 5.69 Å². The summed E-state index contributed by atoms with van der Waals surface area (Å²) < 4.78 is 5.25. The van der Waals surface area contributed by atoms with E-state index in [1.54, 1.807) is 13.0 Å². The highest BCUT2D eigenvalue weighted by Crippen LogP contribution is 2.25. The lowest BCUT2D eigenvalue weighted by Gasteiger charge is -2.13. The first-order chi connectivity index (χ1) is 13.7. The van der Waals surface area contributed by atoms with E-state index < -0.39 is 0 Å². The zero-order valence-electron chi connectivity index (χ0n) is 17.6. The first kappa shape index (κ1) is 20.5. The largest absolute Gasteiger partial charge is 0.343 e. The molecule has 0 atom stereocenters. The number of nitrogens with one attached hydrogen (secondary N) is 2. The number of aryl methyl sites for hydroxylation is 4. The molecule has 0 aliphatic carbocycles. The highest BCUT2D eigenvalue weighted by molar-refractivity contribution is 6.07. The fourth-order valence-electron chi connectivity index (χ4n) is 3.41. The van der Waals surface area contributed by atoms with Gasteiger partial charge in [-0.2, -0.15) is 0 Å². The van der Waals surface area contributed by atoms with Crippen molar-refractivity contribution in [1.29, 1.82) is 0 Å². The Balaban J connectivity index is 1.77. The summed E-state index contributed by atoms with van der Waals surface area (Å²) in [7, 11) is 0. The Morgan fingerprint density at radius 2 is 1.72 bits per heavy atom. The van der Waals surface area contributed by atoms with E-state index in [4.69, 9.17) is 4.52 Å². The molecule has 2 N–H and O–H groups in total. The van der Waals surface area contributed by atoms with Crippen LogP contribution < -0.4 is 10.6 Å². The first-order valence-corrected chi connectivity index (χ1v) is 9.60. The van der Waals surface area contributed by atoms with Crippen molar-refractivity contribution in [2.24, 2.45) is 0 Å². The zero-order chi connectivity index (χ0) is 21.3. The molecular formula is C22H26N4O3. The van der Waals surface area contributed by atoms with Crippen molar-refractivity contribution in [3.8, 4) is 0 Å². The standard InChI is InChI=1S/C22H26N4O3/c1-11(2)17-9-16(19-15(6)26-29-22(19)24-17)21(28)23-10-18(27)25-20-13(4)7-12(3)8-14(20)5/h7-9,11H,10H2,1-6H3,(H,23,28)(H,25,27). The van der Waals surface area contributed by atoms with Crippen molar-refractivity contribution in [3.63, 3.8) is 0 Å². The molecule has 0 saturated carbocycles. The highest BCUT2D eigenvalue weighted by atomic mass is 16.5. The summed E-state index contributed by atoms with van der Waals surface area (Å²) in [6, 6.07) is 5.76. The van der Waals surface area contributed by atoms with Gasteiger partial charge in [0.25, 0.3) is 11.6 Å². The van der Waals surface area contributed by atoms with Crippen LogP contribution >= 0.6 is 0 Å². The lowest BCUT2D eigenvalue weighted by molar-refractivity contribution is -0.115. The minimum absolute atomic E-state index is 0.118. The molecular weight excluding hydrogens is 368 g/mol. The fourth-order valence-corrected chi connectivity index (χ4v) is 3.41. The molecule has 2 aromatic heterocycles. The van der Waals surface area contributed by atoms with Crippen molar-refractivity contribution in [2.45, 2.75) is 47.5 Å². The van der Waals surface area contributed by atoms with Gasteiger partial charge in [0.15, 0.2) is 0 Å². The number of hydrogen-bond acceptors (Lipinski definition) is 5. The minimum Gasteiger partial charge on any atom is -0.343 e. The molecule has 7 heteroatoms. The summed E-state index contributed by atoms with van der Waals surface area (Å²) in [5, 5.41) is 10.1. The number of rotatable bonds is 5. The normalized spacial score (nSPS) is 11.1. The molecule has 2 heterocycles. The fraction of sp³-hybridized carbons (Fsp3) is 0.364. The van der Waals surface area contributed by atoms with Crippen molar-refractivity contribution in [3.05, 3.63) is 51.8 Å².